The SMILES string of the molecule is CCc1ccc(NC(=O)c2nc(-c3cccc(C)c3)n(-c3cccc(C)c3C)n2)cc1. The minimum absolute atomic E-state index is 0.136. The largest absolute Gasteiger partial charge is 0.319 e. The minimum atomic E-state index is -0.331. The molecular weight excluding hydrogens is 384 g/mol. The second kappa shape index (κ2) is 8.56. The molecule has 31 heavy (non-hydrogen) atoms. The molecule has 1 N–H and O–H groups in total. The number of amides is 1. The number of nitrogens with one attached hydrogen (secondary N) is 1. The average Bonchev–Trinajstić information content (AvgIpc) is 3.22. The molecule has 0 saturated heterocycles. The predicted molar refractivity (Wildman–Crippen MR) is 125 cm³/mol. The molecule has 0 bridgehead atoms. The second-order valence-corrected chi connectivity index (χ2v) is 7.76. The van der Waals surface area contributed by atoms with Crippen LogP contribution in [0.4, 0.5) is 5.69 Å². The van der Waals surface area contributed by atoms with Gasteiger partial charge in [-0.25, -0.2) is 9.67 Å². The van der Waals surface area contributed by atoms with Crippen LogP contribution in [0.25, 0.3) is 17.1 Å². The van der Waals surface area contributed by atoms with E-state index in [2.05, 4.69) is 48.3 Å². The molecule has 0 unspecified atom stereocenters. The summed E-state index contributed by atoms with van der Waals surface area (Å²) in [4.78, 5) is 17.6. The molecule has 156 valence electrons. The molecular formula is C26H26N4O. The molecule has 0 aliphatic heterocycles. The maximum absolute atomic E-state index is 13.0. The van der Waals surface area contributed by atoms with E-state index in [-0.39, 0.29) is 11.7 Å². The predicted octanol–water partition coefficient (Wildman–Crippen LogP) is 5.67. The Morgan fingerprint density at radius 1 is 0.968 bits per heavy atom. The third-order valence-corrected chi connectivity index (χ3v) is 5.51. The van der Waals surface area contributed by atoms with Crippen molar-refractivity contribution < 1.29 is 4.79 Å². The summed E-state index contributed by atoms with van der Waals surface area (Å²) in [5.41, 5.74) is 7.15. The highest BCUT2D eigenvalue weighted by atomic mass is 16.2. The number of rotatable bonds is 5. The lowest BCUT2D eigenvalue weighted by molar-refractivity contribution is 0.101. The van der Waals surface area contributed by atoms with Gasteiger partial charge in [-0.3, -0.25) is 4.79 Å². The number of carbonyl (C=O) groups is 1. The van der Waals surface area contributed by atoms with Crippen molar-refractivity contribution in [1.82, 2.24) is 14.8 Å². The Bertz CT molecular complexity index is 1240. The molecule has 0 aliphatic rings. The fourth-order valence-electron chi connectivity index (χ4n) is 3.52. The molecule has 5 nitrogen and oxygen atoms in total. The molecule has 3 aromatic carbocycles. The van der Waals surface area contributed by atoms with Crippen LogP contribution in [0.5, 0.6) is 0 Å². The van der Waals surface area contributed by atoms with Crippen molar-refractivity contribution in [3.8, 4) is 17.1 Å². The molecule has 1 aromatic heterocycles. The second-order valence-electron chi connectivity index (χ2n) is 7.76. The molecule has 1 amide bonds. The number of anilines is 1. The maximum Gasteiger partial charge on any atom is 0.295 e. The average molecular weight is 411 g/mol. The first-order valence-corrected chi connectivity index (χ1v) is 10.5. The van der Waals surface area contributed by atoms with E-state index in [1.807, 2.05) is 61.5 Å². The summed E-state index contributed by atoms with van der Waals surface area (Å²) < 4.78 is 1.77. The Morgan fingerprint density at radius 2 is 1.71 bits per heavy atom. The van der Waals surface area contributed by atoms with E-state index in [9.17, 15) is 4.79 Å². The Labute approximate surface area is 182 Å². The third kappa shape index (κ3) is 4.26. The van der Waals surface area contributed by atoms with Crippen LogP contribution in [-0.4, -0.2) is 20.7 Å². The van der Waals surface area contributed by atoms with Crippen LogP contribution in [0.3, 0.4) is 0 Å². The molecule has 1 heterocycles. The van der Waals surface area contributed by atoms with Crippen LogP contribution in [0.15, 0.2) is 66.7 Å². The monoisotopic (exact) mass is 410 g/mol. The van der Waals surface area contributed by atoms with Crippen LogP contribution >= 0.6 is 0 Å². The Balaban J connectivity index is 1.77. The van der Waals surface area contributed by atoms with E-state index in [4.69, 9.17) is 0 Å². The summed E-state index contributed by atoms with van der Waals surface area (Å²) in [6.45, 7) is 8.26. The van der Waals surface area contributed by atoms with Crippen molar-refractivity contribution in [2.24, 2.45) is 0 Å². The molecule has 5 heteroatoms. The van der Waals surface area contributed by atoms with Crippen LogP contribution < -0.4 is 5.32 Å². The number of hydrogen-bond donors (Lipinski definition) is 1. The standard InChI is InChI=1S/C26H26N4O/c1-5-20-12-14-22(15-13-20)27-26(31)24-28-25(21-10-6-8-17(2)16-21)30(29-24)23-11-7-9-18(3)19(23)4/h6-16H,5H2,1-4H3,(H,27,31). The Morgan fingerprint density at radius 3 is 2.42 bits per heavy atom. The van der Waals surface area contributed by atoms with Crippen molar-refractivity contribution in [2.75, 3.05) is 5.32 Å². The highest BCUT2D eigenvalue weighted by molar-refractivity contribution is 6.01. The van der Waals surface area contributed by atoms with Gasteiger partial charge in [0.15, 0.2) is 5.82 Å². The molecule has 0 spiro atoms. The summed E-state index contributed by atoms with van der Waals surface area (Å²) in [6.07, 6.45) is 0.954. The first-order chi connectivity index (χ1) is 15.0. The first kappa shape index (κ1) is 20.5. The van der Waals surface area contributed by atoms with Crippen molar-refractivity contribution in [3.63, 3.8) is 0 Å². The van der Waals surface area contributed by atoms with Crippen LogP contribution in [0.1, 0.15) is 39.8 Å². The topological polar surface area (TPSA) is 59.8 Å². The Hall–Kier alpha value is -3.73. The van der Waals surface area contributed by atoms with E-state index in [1.54, 1.807) is 4.68 Å². The van der Waals surface area contributed by atoms with Gasteiger partial charge < -0.3 is 5.32 Å². The fourth-order valence-corrected chi connectivity index (χ4v) is 3.52. The van der Waals surface area contributed by atoms with Gasteiger partial charge in [0.1, 0.15) is 0 Å². The number of benzene rings is 3. The van der Waals surface area contributed by atoms with Gasteiger partial charge >= 0.3 is 0 Å². The number of aryl methyl sites for hydroxylation is 3. The number of aromatic nitrogens is 3. The van der Waals surface area contributed by atoms with E-state index in [1.165, 1.54) is 5.56 Å². The smallest absolute Gasteiger partial charge is 0.295 e. The van der Waals surface area contributed by atoms with Crippen LogP contribution in [0.2, 0.25) is 0 Å². The molecule has 0 saturated carbocycles. The number of carbonyl (C=O) groups excluding carboxylic acids is 1. The molecule has 0 radical (unpaired) electrons. The summed E-state index contributed by atoms with van der Waals surface area (Å²) in [5.74, 6) is 0.447. The van der Waals surface area contributed by atoms with E-state index in [0.29, 0.717) is 5.82 Å². The van der Waals surface area contributed by atoms with Crippen molar-refractivity contribution in [2.45, 2.75) is 34.1 Å². The zero-order chi connectivity index (χ0) is 22.0. The lowest BCUT2D eigenvalue weighted by atomic mass is 10.1. The summed E-state index contributed by atoms with van der Waals surface area (Å²) in [6, 6.07) is 22.0. The zero-order valence-electron chi connectivity index (χ0n) is 18.3. The zero-order valence-corrected chi connectivity index (χ0v) is 18.3. The minimum Gasteiger partial charge on any atom is -0.319 e. The van der Waals surface area contributed by atoms with Gasteiger partial charge in [0, 0.05) is 11.3 Å². The van der Waals surface area contributed by atoms with E-state index < -0.39 is 0 Å². The first-order valence-electron chi connectivity index (χ1n) is 10.5. The highest BCUT2D eigenvalue weighted by Crippen LogP contribution is 2.25. The molecule has 0 aliphatic carbocycles. The van der Waals surface area contributed by atoms with Crippen LogP contribution in [-0.2, 0) is 6.42 Å². The quantitative estimate of drug-likeness (QED) is 0.461. The summed E-state index contributed by atoms with van der Waals surface area (Å²) in [7, 11) is 0. The lowest BCUT2D eigenvalue weighted by Gasteiger charge is -2.11. The molecule has 0 atom stereocenters. The molecule has 4 aromatic rings. The number of nitrogens with zero attached hydrogens (tertiary/aromatic N) is 3. The van der Waals surface area contributed by atoms with Crippen LogP contribution in [0, 0.1) is 20.8 Å². The van der Waals surface area contributed by atoms with Crippen molar-refractivity contribution in [1.29, 1.82) is 0 Å². The van der Waals surface area contributed by atoms with Gasteiger partial charge in [-0.2, -0.15) is 0 Å². The highest BCUT2D eigenvalue weighted by Gasteiger charge is 2.20. The van der Waals surface area contributed by atoms with Gasteiger partial charge in [-0.05, 0) is 68.1 Å². The maximum atomic E-state index is 13.0. The Kier molecular flexibility index (Phi) is 5.67. The molecule has 4 rings (SSSR count). The summed E-state index contributed by atoms with van der Waals surface area (Å²) in [5, 5.41) is 7.52. The van der Waals surface area contributed by atoms with Gasteiger partial charge in [0.05, 0.1) is 5.69 Å². The lowest BCUT2D eigenvalue weighted by Crippen LogP contribution is -2.14. The summed E-state index contributed by atoms with van der Waals surface area (Å²) >= 11 is 0. The van der Waals surface area contributed by atoms with Gasteiger partial charge in [-0.15, -0.1) is 5.10 Å². The molecule has 0 fully saturated rings. The van der Waals surface area contributed by atoms with E-state index in [0.717, 1.165) is 40.0 Å². The number of hydrogen-bond acceptors (Lipinski definition) is 3. The van der Waals surface area contributed by atoms with Gasteiger partial charge in [-0.1, -0.05) is 55.0 Å². The van der Waals surface area contributed by atoms with Gasteiger partial charge in [0.25, 0.3) is 5.91 Å². The fraction of sp³-hybridized carbons (Fsp3) is 0.192. The van der Waals surface area contributed by atoms with E-state index >= 15 is 0 Å². The van der Waals surface area contributed by atoms with Gasteiger partial charge in [0.2, 0.25) is 5.82 Å². The third-order valence-electron chi connectivity index (χ3n) is 5.51. The van der Waals surface area contributed by atoms with Crippen molar-refractivity contribution in [3.05, 3.63) is 94.8 Å². The van der Waals surface area contributed by atoms with Crippen molar-refractivity contribution >= 4 is 11.6 Å². The normalized spacial score (nSPS) is 10.8.